The van der Waals surface area contributed by atoms with Gasteiger partial charge in [0.1, 0.15) is 0 Å². The Balaban J connectivity index is 1.60. The summed E-state index contributed by atoms with van der Waals surface area (Å²) in [5.41, 5.74) is 3.07. The van der Waals surface area contributed by atoms with Crippen molar-refractivity contribution in [2.75, 3.05) is 24.3 Å². The molecule has 126 valence electrons. The minimum Gasteiger partial charge on any atom is -0.490 e. The van der Waals surface area contributed by atoms with E-state index in [9.17, 15) is 4.79 Å². The highest BCUT2D eigenvalue weighted by Crippen LogP contribution is 2.33. The van der Waals surface area contributed by atoms with Crippen molar-refractivity contribution >= 4 is 23.4 Å². The lowest BCUT2D eigenvalue weighted by Crippen LogP contribution is -2.14. The van der Waals surface area contributed by atoms with Crippen LogP contribution in [0, 0.1) is 13.8 Å². The van der Waals surface area contributed by atoms with Crippen LogP contribution < -0.4 is 14.8 Å². The van der Waals surface area contributed by atoms with Gasteiger partial charge >= 0.3 is 0 Å². The molecule has 0 bridgehead atoms. The second-order valence-electron chi connectivity index (χ2n) is 5.81. The van der Waals surface area contributed by atoms with E-state index < -0.39 is 0 Å². The van der Waals surface area contributed by atoms with Crippen molar-refractivity contribution < 1.29 is 14.3 Å². The van der Waals surface area contributed by atoms with Gasteiger partial charge in [-0.3, -0.25) is 4.79 Å². The van der Waals surface area contributed by atoms with Gasteiger partial charge in [0.15, 0.2) is 11.5 Å². The molecule has 0 fully saturated rings. The molecule has 1 N–H and O–H groups in total. The number of rotatable bonds is 4. The smallest absolute Gasteiger partial charge is 0.234 e. The Kier molecular flexibility index (Phi) is 5.30. The first-order valence-corrected chi connectivity index (χ1v) is 9.00. The molecule has 0 saturated heterocycles. The number of fused-ring (bicyclic) bond motifs is 1. The molecule has 5 heteroatoms. The Bertz CT molecular complexity index is 745. The number of ether oxygens (including phenoxy) is 2. The van der Waals surface area contributed by atoms with Crippen molar-refractivity contribution in [2.45, 2.75) is 25.2 Å². The minimum atomic E-state index is -0.0131. The van der Waals surface area contributed by atoms with Crippen molar-refractivity contribution in [3.05, 3.63) is 47.5 Å². The molecule has 4 nitrogen and oxygen atoms in total. The third-order valence-electron chi connectivity index (χ3n) is 3.76. The fraction of sp³-hybridized carbons (Fsp3) is 0.316. The normalized spacial score (nSPS) is 13.2. The molecule has 24 heavy (non-hydrogen) atoms. The van der Waals surface area contributed by atoms with Crippen molar-refractivity contribution in [1.29, 1.82) is 0 Å². The Morgan fingerprint density at radius 3 is 2.71 bits per heavy atom. The zero-order valence-corrected chi connectivity index (χ0v) is 14.7. The number of thioether (sulfide) groups is 1. The average molecular weight is 343 g/mol. The molecule has 0 atom stereocenters. The molecule has 1 amide bonds. The second kappa shape index (κ2) is 7.62. The fourth-order valence-electron chi connectivity index (χ4n) is 2.44. The number of hydrogen-bond acceptors (Lipinski definition) is 4. The van der Waals surface area contributed by atoms with Gasteiger partial charge in [-0.2, -0.15) is 0 Å². The summed E-state index contributed by atoms with van der Waals surface area (Å²) in [7, 11) is 0. The van der Waals surface area contributed by atoms with E-state index in [0.717, 1.165) is 39.6 Å². The quantitative estimate of drug-likeness (QED) is 0.846. The Morgan fingerprint density at radius 2 is 1.88 bits per heavy atom. The average Bonchev–Trinajstić information content (AvgIpc) is 2.81. The zero-order valence-electron chi connectivity index (χ0n) is 13.9. The van der Waals surface area contributed by atoms with Crippen LogP contribution in [0.5, 0.6) is 11.5 Å². The fourth-order valence-corrected chi connectivity index (χ4v) is 3.16. The monoisotopic (exact) mass is 343 g/mol. The Morgan fingerprint density at radius 1 is 1.08 bits per heavy atom. The molecule has 0 spiro atoms. The van der Waals surface area contributed by atoms with Crippen molar-refractivity contribution in [2.24, 2.45) is 0 Å². The lowest BCUT2D eigenvalue weighted by atomic mass is 10.1. The van der Waals surface area contributed by atoms with Crippen molar-refractivity contribution in [3.8, 4) is 11.5 Å². The van der Waals surface area contributed by atoms with Gasteiger partial charge in [-0.1, -0.05) is 12.1 Å². The van der Waals surface area contributed by atoms with Gasteiger partial charge in [-0.05, 0) is 49.2 Å². The summed E-state index contributed by atoms with van der Waals surface area (Å²) in [6.45, 7) is 5.35. The summed E-state index contributed by atoms with van der Waals surface area (Å²) in [6.07, 6.45) is 0.884. The molecule has 2 aromatic rings. The predicted octanol–water partition coefficient (Wildman–Crippen LogP) is 4.20. The lowest BCUT2D eigenvalue weighted by molar-refractivity contribution is -0.113. The molecule has 1 aliphatic rings. The van der Waals surface area contributed by atoms with E-state index in [4.69, 9.17) is 9.47 Å². The summed E-state index contributed by atoms with van der Waals surface area (Å²) in [6, 6.07) is 11.9. The third-order valence-corrected chi connectivity index (χ3v) is 4.75. The first kappa shape index (κ1) is 16.7. The maximum atomic E-state index is 12.2. The van der Waals surface area contributed by atoms with E-state index in [2.05, 4.69) is 5.32 Å². The molecule has 0 radical (unpaired) electrons. The maximum Gasteiger partial charge on any atom is 0.234 e. The minimum absolute atomic E-state index is 0.0131. The van der Waals surface area contributed by atoms with Crippen LogP contribution in [0.25, 0.3) is 0 Å². The van der Waals surface area contributed by atoms with Crippen molar-refractivity contribution in [1.82, 2.24) is 0 Å². The standard InChI is InChI=1S/C19H21NO3S/c1-13-4-5-14(2)16(10-13)20-19(21)12-24-15-6-7-17-18(11-15)23-9-3-8-22-17/h4-7,10-11H,3,8-9,12H2,1-2H3,(H,20,21). The SMILES string of the molecule is Cc1ccc(C)c(NC(=O)CSc2ccc3c(c2)OCCCO3)c1. The highest BCUT2D eigenvalue weighted by molar-refractivity contribution is 8.00. The summed E-state index contributed by atoms with van der Waals surface area (Å²) >= 11 is 1.49. The van der Waals surface area contributed by atoms with Crippen LogP contribution in [-0.2, 0) is 4.79 Å². The molecule has 2 aromatic carbocycles. The summed E-state index contributed by atoms with van der Waals surface area (Å²) in [5, 5.41) is 2.98. The second-order valence-corrected chi connectivity index (χ2v) is 6.86. The number of aryl methyl sites for hydroxylation is 2. The number of carbonyl (C=O) groups excluding carboxylic acids is 1. The first-order valence-electron chi connectivity index (χ1n) is 8.01. The Labute approximate surface area is 146 Å². The summed E-state index contributed by atoms with van der Waals surface area (Å²) in [4.78, 5) is 13.2. The van der Waals surface area contributed by atoms with E-state index in [1.54, 1.807) is 0 Å². The van der Waals surface area contributed by atoms with Crippen LogP contribution >= 0.6 is 11.8 Å². The van der Waals surface area contributed by atoms with E-state index in [-0.39, 0.29) is 5.91 Å². The predicted molar refractivity (Wildman–Crippen MR) is 97.3 cm³/mol. The molecule has 1 heterocycles. The summed E-state index contributed by atoms with van der Waals surface area (Å²) < 4.78 is 11.3. The van der Waals surface area contributed by atoms with Gasteiger partial charge in [-0.25, -0.2) is 0 Å². The van der Waals surface area contributed by atoms with E-state index in [1.165, 1.54) is 11.8 Å². The molecule has 0 aliphatic carbocycles. The highest BCUT2D eigenvalue weighted by Gasteiger charge is 2.12. The van der Waals surface area contributed by atoms with Crippen LogP contribution in [0.15, 0.2) is 41.3 Å². The van der Waals surface area contributed by atoms with Gasteiger partial charge in [0.25, 0.3) is 0 Å². The topological polar surface area (TPSA) is 47.6 Å². The first-order chi connectivity index (χ1) is 11.6. The largest absolute Gasteiger partial charge is 0.490 e. The molecule has 0 saturated carbocycles. The molecule has 3 rings (SSSR count). The molecule has 1 aliphatic heterocycles. The van der Waals surface area contributed by atoms with Gasteiger partial charge in [-0.15, -0.1) is 11.8 Å². The molecule has 0 unspecified atom stereocenters. The van der Waals surface area contributed by atoms with Crippen LogP contribution in [-0.4, -0.2) is 24.9 Å². The van der Waals surface area contributed by atoms with Gasteiger partial charge < -0.3 is 14.8 Å². The van der Waals surface area contributed by atoms with Crippen LogP contribution in [0.1, 0.15) is 17.5 Å². The van der Waals surface area contributed by atoms with Gasteiger partial charge in [0, 0.05) is 17.0 Å². The van der Waals surface area contributed by atoms with Crippen LogP contribution in [0.3, 0.4) is 0 Å². The van der Waals surface area contributed by atoms with E-state index in [0.29, 0.717) is 19.0 Å². The third kappa shape index (κ3) is 4.23. The number of anilines is 1. The number of carbonyl (C=O) groups is 1. The van der Waals surface area contributed by atoms with Crippen molar-refractivity contribution in [3.63, 3.8) is 0 Å². The van der Waals surface area contributed by atoms with Crippen LogP contribution in [0.4, 0.5) is 5.69 Å². The van der Waals surface area contributed by atoms with E-state index >= 15 is 0 Å². The molecular weight excluding hydrogens is 322 g/mol. The van der Waals surface area contributed by atoms with Gasteiger partial charge in [0.05, 0.1) is 19.0 Å². The molecule has 0 aromatic heterocycles. The number of benzene rings is 2. The zero-order chi connectivity index (χ0) is 16.9. The van der Waals surface area contributed by atoms with E-state index in [1.807, 2.05) is 50.2 Å². The number of hydrogen-bond donors (Lipinski definition) is 1. The number of nitrogens with one attached hydrogen (secondary N) is 1. The number of amides is 1. The maximum absolute atomic E-state index is 12.2. The Hall–Kier alpha value is -2.14. The molecular formula is C19H21NO3S. The summed E-state index contributed by atoms with van der Waals surface area (Å²) in [5.74, 6) is 1.87. The highest BCUT2D eigenvalue weighted by atomic mass is 32.2. The lowest BCUT2D eigenvalue weighted by Gasteiger charge is -2.11. The van der Waals surface area contributed by atoms with Gasteiger partial charge in [0.2, 0.25) is 5.91 Å². The van der Waals surface area contributed by atoms with Crippen LogP contribution in [0.2, 0.25) is 0 Å².